The van der Waals surface area contributed by atoms with Gasteiger partial charge in [-0.2, -0.15) is 0 Å². The van der Waals surface area contributed by atoms with Crippen LogP contribution in [0.5, 0.6) is 0 Å². The van der Waals surface area contributed by atoms with Gasteiger partial charge in [-0.15, -0.1) is 11.3 Å². The molecule has 1 atom stereocenters. The van der Waals surface area contributed by atoms with Gasteiger partial charge in [0, 0.05) is 17.0 Å². The molecule has 0 saturated heterocycles. The van der Waals surface area contributed by atoms with E-state index in [0.29, 0.717) is 5.56 Å². The Balaban J connectivity index is 1.77. The van der Waals surface area contributed by atoms with Crippen LogP contribution in [0.1, 0.15) is 26.8 Å². The molecule has 1 heterocycles. The van der Waals surface area contributed by atoms with Crippen LogP contribution in [-0.2, 0) is 21.4 Å². The Morgan fingerprint density at radius 2 is 1.76 bits per heavy atom. The minimum Gasteiger partial charge on any atom is -0.368 e. The van der Waals surface area contributed by atoms with Crippen LogP contribution in [0.2, 0.25) is 0 Å². The van der Waals surface area contributed by atoms with E-state index in [-0.39, 0.29) is 17.0 Å². The van der Waals surface area contributed by atoms with Crippen LogP contribution in [0.25, 0.3) is 0 Å². The first-order chi connectivity index (χ1) is 13.9. The highest BCUT2D eigenvalue weighted by Gasteiger charge is 2.22. The van der Waals surface area contributed by atoms with Crippen LogP contribution in [0, 0.1) is 0 Å². The summed E-state index contributed by atoms with van der Waals surface area (Å²) in [5.74, 6) is -1.32. The van der Waals surface area contributed by atoms with Crippen LogP contribution in [0.4, 0.5) is 0 Å². The van der Waals surface area contributed by atoms with E-state index in [1.165, 1.54) is 35.6 Å². The van der Waals surface area contributed by atoms with E-state index >= 15 is 0 Å². The van der Waals surface area contributed by atoms with Gasteiger partial charge in [-0.25, -0.2) is 13.1 Å². The van der Waals surface area contributed by atoms with Crippen molar-refractivity contribution in [3.63, 3.8) is 0 Å². The van der Waals surface area contributed by atoms with Crippen molar-refractivity contribution in [2.45, 2.75) is 17.5 Å². The first kappa shape index (κ1) is 20.7. The van der Waals surface area contributed by atoms with Crippen molar-refractivity contribution < 1.29 is 18.0 Å². The summed E-state index contributed by atoms with van der Waals surface area (Å²) in [5.41, 5.74) is 6.06. The lowest BCUT2D eigenvalue weighted by Crippen LogP contribution is -2.37. The Morgan fingerprint density at radius 3 is 2.41 bits per heavy atom. The summed E-state index contributed by atoms with van der Waals surface area (Å²) < 4.78 is 27.6. The summed E-state index contributed by atoms with van der Waals surface area (Å²) in [6, 6.07) is 16.8. The fraction of sp³-hybridized carbons (Fsp3) is 0.100. The number of rotatable bonds is 8. The van der Waals surface area contributed by atoms with E-state index in [9.17, 15) is 18.0 Å². The number of primary amides is 1. The first-order valence-corrected chi connectivity index (χ1v) is 11.0. The molecule has 0 aliphatic rings. The standard InChI is InChI=1S/C20H19N3O4S2/c21-19(24)18(14-6-2-1-3-7-14)23-20(25)15-8-4-10-17(12-15)29(26,27)22-13-16-9-5-11-28-16/h1-12,18,22H,13H2,(H2,21,24)(H,23,25). The Labute approximate surface area is 172 Å². The second kappa shape index (κ2) is 8.99. The van der Waals surface area contributed by atoms with Crippen molar-refractivity contribution in [2.24, 2.45) is 5.73 Å². The molecule has 0 fully saturated rings. The monoisotopic (exact) mass is 429 g/mol. The topological polar surface area (TPSA) is 118 Å². The molecule has 0 aliphatic heterocycles. The lowest BCUT2D eigenvalue weighted by molar-refractivity contribution is -0.120. The third kappa shape index (κ3) is 5.29. The largest absolute Gasteiger partial charge is 0.368 e. The summed E-state index contributed by atoms with van der Waals surface area (Å²) in [6.45, 7) is 0.161. The molecule has 0 bridgehead atoms. The number of carbonyl (C=O) groups is 2. The van der Waals surface area contributed by atoms with Crippen molar-refractivity contribution >= 4 is 33.2 Å². The van der Waals surface area contributed by atoms with Gasteiger partial charge in [-0.05, 0) is 35.2 Å². The normalized spacial score (nSPS) is 12.3. The van der Waals surface area contributed by atoms with Crippen molar-refractivity contribution in [2.75, 3.05) is 0 Å². The fourth-order valence-corrected chi connectivity index (χ4v) is 4.43. The van der Waals surface area contributed by atoms with Gasteiger partial charge < -0.3 is 11.1 Å². The van der Waals surface area contributed by atoms with Crippen LogP contribution in [-0.4, -0.2) is 20.2 Å². The number of hydrogen-bond acceptors (Lipinski definition) is 5. The molecule has 3 aromatic rings. The van der Waals surface area contributed by atoms with Gasteiger partial charge in [0.2, 0.25) is 15.9 Å². The number of nitrogens with two attached hydrogens (primary N) is 1. The van der Waals surface area contributed by atoms with E-state index in [0.717, 1.165) is 4.88 Å². The highest BCUT2D eigenvalue weighted by atomic mass is 32.2. The van der Waals surface area contributed by atoms with E-state index < -0.39 is 27.9 Å². The minimum absolute atomic E-state index is 0.0444. The highest BCUT2D eigenvalue weighted by Crippen LogP contribution is 2.16. The van der Waals surface area contributed by atoms with Gasteiger partial charge in [0.25, 0.3) is 5.91 Å². The van der Waals surface area contributed by atoms with Crippen molar-refractivity contribution in [1.29, 1.82) is 0 Å². The van der Waals surface area contributed by atoms with Crippen LogP contribution in [0.15, 0.2) is 77.0 Å². The number of carbonyl (C=O) groups excluding carboxylic acids is 2. The number of amides is 2. The summed E-state index contributed by atoms with van der Waals surface area (Å²) in [4.78, 5) is 25.2. The lowest BCUT2D eigenvalue weighted by Gasteiger charge is -2.16. The Bertz CT molecular complexity index is 1100. The van der Waals surface area contributed by atoms with E-state index in [1.54, 1.807) is 30.3 Å². The molecular weight excluding hydrogens is 410 g/mol. The molecule has 1 aromatic heterocycles. The predicted molar refractivity (Wildman–Crippen MR) is 111 cm³/mol. The van der Waals surface area contributed by atoms with Gasteiger partial charge in [0.05, 0.1) is 4.90 Å². The average Bonchev–Trinajstić information content (AvgIpc) is 3.25. The molecule has 150 valence electrons. The minimum atomic E-state index is -3.80. The summed E-state index contributed by atoms with van der Waals surface area (Å²) >= 11 is 1.44. The van der Waals surface area contributed by atoms with Gasteiger partial charge in [-0.1, -0.05) is 42.5 Å². The molecule has 29 heavy (non-hydrogen) atoms. The van der Waals surface area contributed by atoms with Gasteiger partial charge in [-0.3, -0.25) is 9.59 Å². The predicted octanol–water partition coefficient (Wildman–Crippen LogP) is 2.18. The molecule has 0 spiro atoms. The smallest absolute Gasteiger partial charge is 0.252 e. The van der Waals surface area contributed by atoms with E-state index in [4.69, 9.17) is 5.73 Å². The van der Waals surface area contributed by atoms with Crippen LogP contribution in [0.3, 0.4) is 0 Å². The first-order valence-electron chi connectivity index (χ1n) is 8.64. The zero-order chi connectivity index (χ0) is 20.9. The third-order valence-electron chi connectivity index (χ3n) is 4.12. The van der Waals surface area contributed by atoms with Crippen molar-refractivity contribution in [1.82, 2.24) is 10.0 Å². The lowest BCUT2D eigenvalue weighted by atomic mass is 10.1. The maximum absolute atomic E-state index is 12.6. The molecule has 0 saturated carbocycles. The number of benzene rings is 2. The van der Waals surface area contributed by atoms with Crippen molar-refractivity contribution in [3.05, 3.63) is 88.1 Å². The zero-order valence-corrected chi connectivity index (χ0v) is 16.9. The molecule has 3 rings (SSSR count). The zero-order valence-electron chi connectivity index (χ0n) is 15.2. The second-order valence-corrected chi connectivity index (χ2v) is 8.95. The second-order valence-electron chi connectivity index (χ2n) is 6.15. The van der Waals surface area contributed by atoms with E-state index in [2.05, 4.69) is 10.0 Å². The number of nitrogens with one attached hydrogen (secondary N) is 2. The van der Waals surface area contributed by atoms with E-state index in [1.807, 2.05) is 17.5 Å². The summed E-state index contributed by atoms with van der Waals surface area (Å²) in [7, 11) is -3.80. The van der Waals surface area contributed by atoms with Crippen LogP contribution >= 0.6 is 11.3 Å². The van der Waals surface area contributed by atoms with Gasteiger partial charge >= 0.3 is 0 Å². The number of thiophene rings is 1. The van der Waals surface area contributed by atoms with Crippen molar-refractivity contribution in [3.8, 4) is 0 Å². The van der Waals surface area contributed by atoms with Gasteiger partial charge in [0.1, 0.15) is 6.04 Å². The molecule has 0 aliphatic carbocycles. The quantitative estimate of drug-likeness (QED) is 0.508. The summed E-state index contributed by atoms with van der Waals surface area (Å²) in [5, 5.41) is 4.41. The number of hydrogen-bond donors (Lipinski definition) is 3. The molecular formula is C20H19N3O4S2. The molecule has 2 aromatic carbocycles. The van der Waals surface area contributed by atoms with Gasteiger partial charge in [0.15, 0.2) is 0 Å². The molecule has 0 radical (unpaired) electrons. The highest BCUT2D eigenvalue weighted by molar-refractivity contribution is 7.89. The Morgan fingerprint density at radius 1 is 1.00 bits per heavy atom. The molecule has 9 heteroatoms. The molecule has 1 unspecified atom stereocenters. The number of sulfonamides is 1. The molecule has 7 nitrogen and oxygen atoms in total. The summed E-state index contributed by atoms with van der Waals surface area (Å²) in [6.07, 6.45) is 0. The molecule has 4 N–H and O–H groups in total. The Hall–Kier alpha value is -3.01. The third-order valence-corrected chi connectivity index (χ3v) is 6.39. The van der Waals surface area contributed by atoms with Crippen LogP contribution < -0.4 is 15.8 Å². The maximum atomic E-state index is 12.6. The fourth-order valence-electron chi connectivity index (χ4n) is 2.65. The molecule has 2 amide bonds. The SMILES string of the molecule is NC(=O)C(NC(=O)c1cccc(S(=O)(=O)NCc2cccs2)c1)c1ccccc1. The Kier molecular flexibility index (Phi) is 6.42. The maximum Gasteiger partial charge on any atom is 0.252 e. The average molecular weight is 430 g/mol.